The molecule has 0 radical (unpaired) electrons. The highest BCUT2D eigenvalue weighted by molar-refractivity contribution is 7.88. The molecular weight excluding hydrogens is 389 g/mol. The third kappa shape index (κ3) is 8.04. The second kappa shape index (κ2) is 9.43. The summed E-state index contributed by atoms with van der Waals surface area (Å²) >= 11 is 11.3. The van der Waals surface area contributed by atoms with Crippen molar-refractivity contribution >= 4 is 45.3 Å². The van der Waals surface area contributed by atoms with Crippen molar-refractivity contribution in [2.75, 3.05) is 7.11 Å². The van der Waals surface area contributed by atoms with Gasteiger partial charge in [-0.25, -0.2) is 0 Å². The predicted molar refractivity (Wildman–Crippen MR) is 98.6 cm³/mol. The molecule has 0 saturated carbocycles. The fourth-order valence-electron chi connectivity index (χ4n) is 1.64. The molecule has 134 valence electrons. The first-order chi connectivity index (χ1) is 11.6. The van der Waals surface area contributed by atoms with Gasteiger partial charge in [-0.05, 0) is 42.0 Å². The van der Waals surface area contributed by atoms with E-state index in [4.69, 9.17) is 38.2 Å². The number of carbonyl (C=O) groups is 1. The molecule has 3 N–H and O–H groups in total. The maximum Gasteiger partial charge on any atom is 0.287 e. The van der Waals surface area contributed by atoms with Crippen LogP contribution in [0.1, 0.15) is 15.9 Å². The van der Waals surface area contributed by atoms with Crippen LogP contribution in [0.25, 0.3) is 6.08 Å². The molecule has 0 aliphatic carbocycles. The van der Waals surface area contributed by atoms with Crippen LogP contribution < -0.4 is 10.5 Å². The number of amides is 1. The number of carbonyl (C=O) groups excluding carboxylic acids is 1. The highest BCUT2D eigenvalue weighted by Gasteiger charge is 2.07. The Morgan fingerprint density at radius 3 is 2.32 bits per heavy atom. The maximum atomic E-state index is 10.8. The Morgan fingerprint density at radius 2 is 1.80 bits per heavy atom. The van der Waals surface area contributed by atoms with E-state index in [0.29, 0.717) is 32.3 Å². The molecule has 0 bridgehead atoms. The summed E-state index contributed by atoms with van der Waals surface area (Å²) in [6, 6.07) is 11.3. The molecule has 2 aromatic rings. The minimum atomic E-state index is -4.06. The van der Waals surface area contributed by atoms with Gasteiger partial charge in [-0.1, -0.05) is 35.3 Å². The van der Waals surface area contributed by atoms with E-state index < -0.39 is 16.0 Å². The third-order valence-corrected chi connectivity index (χ3v) is 3.66. The number of hydrogen-bond acceptors (Lipinski definition) is 4. The summed E-state index contributed by atoms with van der Waals surface area (Å²) in [6.07, 6.45) is 1.27. The standard InChI is InChI=1S/C8H8ClNO2.C8H7ClO3S/c1-12-7-4-5(9)2-3-6(7)8(10)11;9-8-3-1-2-7(6-8)4-5-13(10,11)12/h2-4H,1H3,(H2,10,11);1-6H,(H,10,11,12)/b;5-4+. The molecule has 1 amide bonds. The molecule has 0 spiro atoms. The minimum Gasteiger partial charge on any atom is -0.496 e. The van der Waals surface area contributed by atoms with Crippen molar-refractivity contribution < 1.29 is 22.5 Å². The topological polar surface area (TPSA) is 107 Å². The molecule has 0 saturated heterocycles. The van der Waals surface area contributed by atoms with Crippen molar-refractivity contribution in [1.82, 2.24) is 0 Å². The van der Waals surface area contributed by atoms with Crippen LogP contribution in [0.5, 0.6) is 5.75 Å². The SMILES string of the molecule is COc1cc(Cl)ccc1C(N)=O.O=S(=O)(O)/C=C/c1cccc(Cl)c1. The van der Waals surface area contributed by atoms with E-state index in [9.17, 15) is 13.2 Å². The van der Waals surface area contributed by atoms with Crippen LogP contribution in [-0.2, 0) is 10.1 Å². The summed E-state index contributed by atoms with van der Waals surface area (Å²) in [4.78, 5) is 10.8. The van der Waals surface area contributed by atoms with Gasteiger partial charge in [0.2, 0.25) is 0 Å². The highest BCUT2D eigenvalue weighted by atomic mass is 35.5. The molecule has 0 aliphatic heterocycles. The number of benzene rings is 2. The van der Waals surface area contributed by atoms with Gasteiger partial charge in [-0.2, -0.15) is 8.42 Å². The molecular formula is C16H15Cl2NO5S. The Bertz CT molecular complexity index is 882. The van der Waals surface area contributed by atoms with Crippen molar-refractivity contribution in [2.45, 2.75) is 0 Å². The fraction of sp³-hybridized carbons (Fsp3) is 0.0625. The van der Waals surface area contributed by atoms with Crippen molar-refractivity contribution in [1.29, 1.82) is 0 Å². The van der Waals surface area contributed by atoms with Crippen LogP contribution in [0.3, 0.4) is 0 Å². The van der Waals surface area contributed by atoms with Gasteiger partial charge in [0, 0.05) is 10.0 Å². The van der Waals surface area contributed by atoms with Gasteiger partial charge < -0.3 is 10.5 Å². The van der Waals surface area contributed by atoms with Crippen LogP contribution in [0.15, 0.2) is 47.9 Å². The van der Waals surface area contributed by atoms with E-state index in [0.717, 1.165) is 0 Å². The van der Waals surface area contributed by atoms with Gasteiger partial charge in [0.1, 0.15) is 5.75 Å². The molecule has 0 aliphatic rings. The Labute approximate surface area is 155 Å². The van der Waals surface area contributed by atoms with Gasteiger partial charge in [0.15, 0.2) is 0 Å². The number of primary amides is 1. The molecule has 9 heteroatoms. The smallest absolute Gasteiger partial charge is 0.287 e. The summed E-state index contributed by atoms with van der Waals surface area (Å²) in [5.74, 6) is -0.126. The number of rotatable bonds is 4. The second-order valence-electron chi connectivity index (χ2n) is 4.58. The van der Waals surface area contributed by atoms with Crippen molar-refractivity contribution in [3.05, 3.63) is 69.0 Å². The molecule has 2 aromatic carbocycles. The molecule has 0 atom stereocenters. The predicted octanol–water partition coefficient (Wildman–Crippen LogP) is 3.65. The lowest BCUT2D eigenvalue weighted by molar-refractivity contribution is 0.0997. The molecule has 0 heterocycles. The average Bonchev–Trinajstić information content (AvgIpc) is 2.52. The normalized spacial score (nSPS) is 10.9. The molecule has 0 unspecified atom stereocenters. The zero-order valence-corrected chi connectivity index (χ0v) is 15.3. The minimum absolute atomic E-state index is 0.335. The van der Waals surface area contributed by atoms with Crippen LogP contribution in [0, 0.1) is 0 Å². The van der Waals surface area contributed by atoms with Gasteiger partial charge in [-0.3, -0.25) is 9.35 Å². The molecule has 25 heavy (non-hydrogen) atoms. The second-order valence-corrected chi connectivity index (χ2v) is 6.76. The van der Waals surface area contributed by atoms with E-state index in [2.05, 4.69) is 0 Å². The van der Waals surface area contributed by atoms with Crippen LogP contribution in [-0.4, -0.2) is 26.0 Å². The van der Waals surface area contributed by atoms with Crippen molar-refractivity contribution in [3.8, 4) is 5.75 Å². The zero-order valence-electron chi connectivity index (χ0n) is 13.0. The quantitative estimate of drug-likeness (QED) is 0.757. The lowest BCUT2D eigenvalue weighted by Crippen LogP contribution is -2.12. The maximum absolute atomic E-state index is 10.8. The monoisotopic (exact) mass is 403 g/mol. The number of hydrogen-bond donors (Lipinski definition) is 2. The zero-order chi connectivity index (χ0) is 19.0. The van der Waals surface area contributed by atoms with Gasteiger partial charge in [-0.15, -0.1) is 0 Å². The summed E-state index contributed by atoms with van der Waals surface area (Å²) in [6.45, 7) is 0. The summed E-state index contributed by atoms with van der Waals surface area (Å²) in [5.41, 5.74) is 6.03. The van der Waals surface area contributed by atoms with E-state index in [1.807, 2.05) is 0 Å². The van der Waals surface area contributed by atoms with E-state index in [1.54, 1.807) is 36.4 Å². The first-order valence-electron chi connectivity index (χ1n) is 6.67. The summed E-state index contributed by atoms with van der Waals surface area (Å²) in [5, 5.41) is 1.73. The molecule has 2 rings (SSSR count). The number of nitrogens with two attached hydrogens (primary N) is 1. The summed E-state index contributed by atoms with van der Waals surface area (Å²) < 4.78 is 34.0. The lowest BCUT2D eigenvalue weighted by atomic mass is 10.2. The number of halogens is 2. The van der Waals surface area contributed by atoms with Gasteiger partial charge in [0.05, 0.1) is 18.1 Å². The van der Waals surface area contributed by atoms with Gasteiger partial charge in [0.25, 0.3) is 16.0 Å². The first-order valence-corrected chi connectivity index (χ1v) is 8.93. The lowest BCUT2D eigenvalue weighted by Gasteiger charge is -2.04. The Balaban J connectivity index is 0.000000251. The Hall–Kier alpha value is -2.06. The molecule has 0 fully saturated rings. The van der Waals surface area contributed by atoms with Crippen LogP contribution >= 0.6 is 23.2 Å². The van der Waals surface area contributed by atoms with E-state index in [1.165, 1.54) is 19.3 Å². The Kier molecular flexibility index (Phi) is 7.92. The molecule has 6 nitrogen and oxygen atoms in total. The third-order valence-electron chi connectivity index (χ3n) is 2.71. The van der Waals surface area contributed by atoms with Crippen molar-refractivity contribution in [3.63, 3.8) is 0 Å². The van der Waals surface area contributed by atoms with Crippen molar-refractivity contribution in [2.24, 2.45) is 5.73 Å². The average molecular weight is 404 g/mol. The van der Waals surface area contributed by atoms with E-state index >= 15 is 0 Å². The van der Waals surface area contributed by atoms with E-state index in [-0.39, 0.29) is 0 Å². The first kappa shape index (κ1) is 21.0. The van der Waals surface area contributed by atoms with Gasteiger partial charge >= 0.3 is 0 Å². The summed E-state index contributed by atoms with van der Waals surface area (Å²) in [7, 11) is -2.60. The highest BCUT2D eigenvalue weighted by Crippen LogP contribution is 2.22. The van der Waals surface area contributed by atoms with Crippen LogP contribution in [0.2, 0.25) is 10.0 Å². The fourth-order valence-corrected chi connectivity index (χ4v) is 2.33. The Morgan fingerprint density at radius 1 is 1.16 bits per heavy atom. The molecule has 0 aromatic heterocycles. The number of ether oxygens (including phenoxy) is 1. The largest absolute Gasteiger partial charge is 0.496 e. The number of methoxy groups -OCH3 is 1. The van der Waals surface area contributed by atoms with Crippen LogP contribution in [0.4, 0.5) is 0 Å².